The SMILES string of the molecule is CC(=O)c1ccc(NC(=O)C2(C(=O)Nc3ccc(Cl)c(Cl)c3)CC2)cc1. The van der Waals surface area contributed by atoms with Crippen molar-refractivity contribution in [2.24, 2.45) is 5.41 Å². The van der Waals surface area contributed by atoms with Gasteiger partial charge in [-0.2, -0.15) is 0 Å². The highest BCUT2D eigenvalue weighted by atomic mass is 35.5. The Morgan fingerprint density at radius 1 is 0.846 bits per heavy atom. The van der Waals surface area contributed by atoms with Crippen molar-refractivity contribution < 1.29 is 14.4 Å². The Morgan fingerprint density at radius 3 is 1.88 bits per heavy atom. The summed E-state index contributed by atoms with van der Waals surface area (Å²) in [5, 5.41) is 6.17. The second-order valence-corrected chi connectivity index (χ2v) is 7.07. The van der Waals surface area contributed by atoms with E-state index in [0.29, 0.717) is 39.8 Å². The highest BCUT2D eigenvalue weighted by Crippen LogP contribution is 2.47. The third-order valence-corrected chi connectivity index (χ3v) is 5.09. The molecule has 7 heteroatoms. The van der Waals surface area contributed by atoms with Crippen molar-refractivity contribution in [2.45, 2.75) is 19.8 Å². The number of halogens is 2. The lowest BCUT2D eigenvalue weighted by atomic mass is 10.0. The molecule has 0 radical (unpaired) electrons. The summed E-state index contributed by atoms with van der Waals surface area (Å²) in [4.78, 5) is 36.5. The molecule has 2 aromatic carbocycles. The van der Waals surface area contributed by atoms with Gasteiger partial charge in [0.05, 0.1) is 10.0 Å². The molecular formula is C19H16Cl2N2O3. The molecule has 2 N–H and O–H groups in total. The lowest BCUT2D eigenvalue weighted by Crippen LogP contribution is -2.35. The molecule has 2 amide bonds. The van der Waals surface area contributed by atoms with Gasteiger partial charge in [0.2, 0.25) is 11.8 Å². The second-order valence-electron chi connectivity index (χ2n) is 6.25. The van der Waals surface area contributed by atoms with Gasteiger partial charge in [0.15, 0.2) is 5.78 Å². The molecule has 134 valence electrons. The molecule has 1 aliphatic carbocycles. The van der Waals surface area contributed by atoms with Crippen molar-refractivity contribution in [1.82, 2.24) is 0 Å². The van der Waals surface area contributed by atoms with E-state index in [-0.39, 0.29) is 17.6 Å². The van der Waals surface area contributed by atoms with E-state index in [9.17, 15) is 14.4 Å². The molecule has 0 heterocycles. The Bertz CT molecular complexity index is 890. The molecule has 3 rings (SSSR count). The number of anilines is 2. The number of Topliss-reactive ketones (excluding diaryl/α,β-unsaturated/α-hetero) is 1. The van der Waals surface area contributed by atoms with E-state index in [1.54, 1.807) is 36.4 Å². The fraction of sp³-hybridized carbons (Fsp3) is 0.211. The van der Waals surface area contributed by atoms with E-state index >= 15 is 0 Å². The fourth-order valence-corrected chi connectivity index (χ4v) is 2.84. The molecule has 1 saturated carbocycles. The predicted octanol–water partition coefficient (Wildman–Crippen LogP) is 4.55. The molecule has 5 nitrogen and oxygen atoms in total. The number of rotatable bonds is 5. The summed E-state index contributed by atoms with van der Waals surface area (Å²) < 4.78 is 0. The van der Waals surface area contributed by atoms with Crippen molar-refractivity contribution in [2.75, 3.05) is 10.6 Å². The van der Waals surface area contributed by atoms with E-state index in [0.717, 1.165) is 0 Å². The molecule has 0 atom stereocenters. The lowest BCUT2D eigenvalue weighted by Gasteiger charge is -2.16. The molecule has 26 heavy (non-hydrogen) atoms. The van der Waals surface area contributed by atoms with Crippen molar-refractivity contribution >= 4 is 52.2 Å². The van der Waals surface area contributed by atoms with Gasteiger partial charge in [-0.05, 0) is 62.2 Å². The van der Waals surface area contributed by atoms with Gasteiger partial charge in [0, 0.05) is 16.9 Å². The molecule has 1 aliphatic rings. The number of nitrogens with one attached hydrogen (secondary N) is 2. The summed E-state index contributed by atoms with van der Waals surface area (Å²) in [5.74, 6) is -0.804. The van der Waals surface area contributed by atoms with Crippen LogP contribution in [0.15, 0.2) is 42.5 Å². The second kappa shape index (κ2) is 7.09. The van der Waals surface area contributed by atoms with E-state index < -0.39 is 5.41 Å². The van der Waals surface area contributed by atoms with Gasteiger partial charge in [-0.15, -0.1) is 0 Å². The minimum Gasteiger partial charge on any atom is -0.325 e. The van der Waals surface area contributed by atoms with Gasteiger partial charge < -0.3 is 10.6 Å². The van der Waals surface area contributed by atoms with Gasteiger partial charge >= 0.3 is 0 Å². The normalized spacial score (nSPS) is 14.4. The minimum absolute atomic E-state index is 0.0532. The summed E-state index contributed by atoms with van der Waals surface area (Å²) in [6.45, 7) is 1.47. The van der Waals surface area contributed by atoms with E-state index in [1.807, 2.05) is 0 Å². The summed E-state index contributed by atoms with van der Waals surface area (Å²) >= 11 is 11.8. The van der Waals surface area contributed by atoms with Crippen molar-refractivity contribution in [3.05, 3.63) is 58.1 Å². The van der Waals surface area contributed by atoms with Crippen LogP contribution in [0, 0.1) is 5.41 Å². The van der Waals surface area contributed by atoms with Crippen LogP contribution in [-0.2, 0) is 9.59 Å². The number of carbonyl (C=O) groups is 3. The van der Waals surface area contributed by atoms with Crippen molar-refractivity contribution in [1.29, 1.82) is 0 Å². The third kappa shape index (κ3) is 3.74. The maximum absolute atomic E-state index is 12.6. The average Bonchev–Trinajstić information content (AvgIpc) is 3.40. The van der Waals surface area contributed by atoms with Crippen LogP contribution in [0.25, 0.3) is 0 Å². The quantitative estimate of drug-likeness (QED) is 0.580. The van der Waals surface area contributed by atoms with Crippen LogP contribution in [0.5, 0.6) is 0 Å². The Labute approximate surface area is 160 Å². The molecule has 0 aromatic heterocycles. The smallest absolute Gasteiger partial charge is 0.240 e. The van der Waals surface area contributed by atoms with Gasteiger partial charge in [-0.1, -0.05) is 23.2 Å². The summed E-state index contributed by atoms with van der Waals surface area (Å²) in [6.07, 6.45) is 0.940. The first-order valence-electron chi connectivity index (χ1n) is 8.01. The van der Waals surface area contributed by atoms with E-state index in [4.69, 9.17) is 23.2 Å². The molecule has 0 saturated heterocycles. The highest BCUT2D eigenvalue weighted by molar-refractivity contribution is 6.42. The lowest BCUT2D eigenvalue weighted by molar-refractivity contribution is -0.131. The monoisotopic (exact) mass is 390 g/mol. The van der Waals surface area contributed by atoms with Gasteiger partial charge in [0.1, 0.15) is 5.41 Å². The minimum atomic E-state index is -1.09. The van der Waals surface area contributed by atoms with Crippen LogP contribution in [0.3, 0.4) is 0 Å². The first-order valence-corrected chi connectivity index (χ1v) is 8.76. The molecule has 1 fully saturated rings. The van der Waals surface area contributed by atoms with E-state index in [2.05, 4.69) is 10.6 Å². The van der Waals surface area contributed by atoms with Crippen LogP contribution in [0.2, 0.25) is 10.0 Å². The molecule has 0 aliphatic heterocycles. The predicted molar refractivity (Wildman–Crippen MR) is 102 cm³/mol. The molecule has 0 spiro atoms. The topological polar surface area (TPSA) is 75.3 Å². The average molecular weight is 391 g/mol. The Morgan fingerprint density at radius 2 is 1.38 bits per heavy atom. The Balaban J connectivity index is 1.69. The van der Waals surface area contributed by atoms with Crippen LogP contribution < -0.4 is 10.6 Å². The maximum Gasteiger partial charge on any atom is 0.240 e. The highest BCUT2D eigenvalue weighted by Gasteiger charge is 2.56. The Hall–Kier alpha value is -2.37. The van der Waals surface area contributed by atoms with Crippen LogP contribution >= 0.6 is 23.2 Å². The number of benzene rings is 2. The van der Waals surface area contributed by atoms with Crippen LogP contribution in [-0.4, -0.2) is 17.6 Å². The molecule has 0 unspecified atom stereocenters. The van der Waals surface area contributed by atoms with Crippen LogP contribution in [0.4, 0.5) is 11.4 Å². The number of hydrogen-bond donors (Lipinski definition) is 2. The standard InChI is InChI=1S/C19H16Cl2N2O3/c1-11(24)12-2-4-13(5-3-12)22-17(25)19(8-9-19)18(26)23-14-6-7-15(20)16(21)10-14/h2-7,10H,8-9H2,1H3,(H,22,25)(H,23,26). The summed E-state index contributed by atoms with van der Waals surface area (Å²) in [7, 11) is 0. The molecule has 2 aromatic rings. The third-order valence-electron chi connectivity index (χ3n) is 4.35. The van der Waals surface area contributed by atoms with Gasteiger partial charge in [0.25, 0.3) is 0 Å². The zero-order valence-corrected chi connectivity index (χ0v) is 15.4. The molecule has 0 bridgehead atoms. The number of ketones is 1. The van der Waals surface area contributed by atoms with Crippen molar-refractivity contribution in [3.63, 3.8) is 0 Å². The number of hydrogen-bond acceptors (Lipinski definition) is 3. The summed E-state index contributed by atoms with van der Waals surface area (Å²) in [5.41, 5.74) is 0.482. The number of carbonyl (C=O) groups excluding carboxylic acids is 3. The largest absolute Gasteiger partial charge is 0.325 e. The molecular weight excluding hydrogens is 375 g/mol. The van der Waals surface area contributed by atoms with Gasteiger partial charge in [-0.3, -0.25) is 14.4 Å². The Kier molecular flexibility index (Phi) is 5.03. The number of amides is 2. The summed E-state index contributed by atoms with van der Waals surface area (Å²) in [6, 6.07) is 11.3. The van der Waals surface area contributed by atoms with Crippen LogP contribution in [0.1, 0.15) is 30.1 Å². The van der Waals surface area contributed by atoms with E-state index in [1.165, 1.54) is 13.0 Å². The maximum atomic E-state index is 12.6. The zero-order valence-electron chi connectivity index (χ0n) is 13.9. The van der Waals surface area contributed by atoms with Gasteiger partial charge in [-0.25, -0.2) is 0 Å². The zero-order chi connectivity index (χ0) is 18.9. The van der Waals surface area contributed by atoms with Crippen molar-refractivity contribution in [3.8, 4) is 0 Å². The first kappa shape index (κ1) is 18.4. The fourth-order valence-electron chi connectivity index (χ4n) is 2.55. The first-order chi connectivity index (χ1) is 12.3.